The molecular weight excluding hydrogens is 977 g/mol. The van der Waals surface area contributed by atoms with Crippen LogP contribution in [0, 0.1) is 64.7 Å². The molecule has 0 saturated heterocycles. The van der Waals surface area contributed by atoms with E-state index in [-0.39, 0.29) is 23.1 Å². The van der Waals surface area contributed by atoms with Crippen LogP contribution in [0.15, 0.2) is 84.4 Å². The standard InChI is InChI=1S/C33H44F4O.C33H42F4O/c2*1-3-5-6-8-24-9-13-25(14-10-24)26-17-19-28(20-18-26)33(36,37)38-30-22-21-29(31(34)32(30)35)27-15-11-23(7-4-2)12-16-27/h11-12,15-16,21-22,24-26,28H,3-10,13-14,17-20H2,1-2H3;11-12,15-16,19,21-22,24-26H,3-10,13-14,17-18,20H2,1-2H3. The predicted molar refractivity (Wildman–Crippen MR) is 293 cm³/mol. The zero-order valence-corrected chi connectivity index (χ0v) is 46.0. The van der Waals surface area contributed by atoms with Gasteiger partial charge in [-0.1, -0.05) is 172 Å². The topological polar surface area (TPSA) is 18.5 Å². The molecule has 0 aromatic heterocycles. The molecule has 8 rings (SSSR count). The number of ether oxygens (including phenoxy) is 2. The van der Waals surface area contributed by atoms with Crippen molar-refractivity contribution in [1.29, 1.82) is 0 Å². The molecule has 76 heavy (non-hydrogen) atoms. The van der Waals surface area contributed by atoms with E-state index in [1.54, 1.807) is 30.3 Å². The van der Waals surface area contributed by atoms with Crippen LogP contribution in [0.2, 0.25) is 0 Å². The lowest BCUT2D eigenvalue weighted by Crippen LogP contribution is -2.38. The summed E-state index contributed by atoms with van der Waals surface area (Å²) in [6, 6.07) is 19.3. The first kappa shape index (κ1) is 59.3. The van der Waals surface area contributed by atoms with Crippen molar-refractivity contribution in [2.24, 2.45) is 41.4 Å². The van der Waals surface area contributed by atoms with Crippen LogP contribution < -0.4 is 9.47 Å². The van der Waals surface area contributed by atoms with E-state index in [0.717, 1.165) is 73.6 Å². The van der Waals surface area contributed by atoms with Crippen LogP contribution in [0.4, 0.5) is 35.1 Å². The number of hydrogen-bond donors (Lipinski definition) is 0. The molecule has 4 aromatic carbocycles. The predicted octanol–water partition coefficient (Wildman–Crippen LogP) is 21.4. The molecule has 3 saturated carbocycles. The van der Waals surface area contributed by atoms with E-state index >= 15 is 17.6 Å². The molecular formula is C66H86F8O2. The summed E-state index contributed by atoms with van der Waals surface area (Å²) in [6.45, 7) is 8.61. The van der Waals surface area contributed by atoms with E-state index in [2.05, 4.69) is 27.7 Å². The van der Waals surface area contributed by atoms with Gasteiger partial charge in [-0.05, 0) is 165 Å². The number of unbranched alkanes of at least 4 members (excludes halogenated alkanes) is 4. The van der Waals surface area contributed by atoms with Gasteiger partial charge in [0.15, 0.2) is 23.1 Å². The number of hydrogen-bond acceptors (Lipinski definition) is 2. The van der Waals surface area contributed by atoms with Crippen LogP contribution >= 0.6 is 0 Å². The Hall–Kier alpha value is -4.34. The summed E-state index contributed by atoms with van der Waals surface area (Å²) in [5, 5.41) is 0. The molecule has 4 aliphatic carbocycles. The number of benzene rings is 4. The van der Waals surface area contributed by atoms with E-state index in [1.807, 2.05) is 24.3 Å². The van der Waals surface area contributed by atoms with Crippen LogP contribution in [0.5, 0.6) is 11.5 Å². The van der Waals surface area contributed by atoms with Gasteiger partial charge >= 0.3 is 12.2 Å². The molecule has 1 unspecified atom stereocenters. The highest BCUT2D eigenvalue weighted by molar-refractivity contribution is 5.66. The molecule has 0 radical (unpaired) electrons. The molecule has 4 aliphatic rings. The van der Waals surface area contributed by atoms with Gasteiger partial charge in [-0.15, -0.1) is 0 Å². The number of rotatable bonds is 22. The fourth-order valence-corrected chi connectivity index (χ4v) is 13.1. The van der Waals surface area contributed by atoms with Crippen LogP contribution in [0.25, 0.3) is 22.3 Å². The third kappa shape index (κ3) is 15.9. The minimum atomic E-state index is -3.67. The lowest BCUT2D eigenvalue weighted by atomic mass is 9.68. The van der Waals surface area contributed by atoms with E-state index in [1.165, 1.54) is 115 Å². The fourth-order valence-electron chi connectivity index (χ4n) is 13.1. The summed E-state index contributed by atoms with van der Waals surface area (Å²) in [5.74, 6) is -3.71. The van der Waals surface area contributed by atoms with Gasteiger partial charge < -0.3 is 9.47 Å². The Balaban J connectivity index is 0.000000221. The molecule has 10 heteroatoms. The minimum absolute atomic E-state index is 0.0287. The third-order valence-electron chi connectivity index (χ3n) is 17.8. The van der Waals surface area contributed by atoms with Crippen LogP contribution in [-0.2, 0) is 12.8 Å². The highest BCUT2D eigenvalue weighted by Gasteiger charge is 2.46. The quantitative estimate of drug-likeness (QED) is 0.0444. The van der Waals surface area contributed by atoms with Gasteiger partial charge in [-0.3, -0.25) is 0 Å². The van der Waals surface area contributed by atoms with Crippen molar-refractivity contribution in [2.75, 3.05) is 0 Å². The molecule has 4 aromatic rings. The zero-order chi connectivity index (χ0) is 54.2. The van der Waals surface area contributed by atoms with Crippen molar-refractivity contribution < 1.29 is 44.6 Å². The van der Waals surface area contributed by atoms with Crippen molar-refractivity contribution in [1.82, 2.24) is 0 Å². The molecule has 0 amide bonds. The highest BCUT2D eigenvalue weighted by atomic mass is 19.3. The molecule has 418 valence electrons. The maximum Gasteiger partial charge on any atom is 0.422 e. The van der Waals surface area contributed by atoms with Crippen molar-refractivity contribution in [3.8, 4) is 33.8 Å². The summed E-state index contributed by atoms with van der Waals surface area (Å²) in [5.41, 5.74) is 3.17. The Morgan fingerprint density at radius 2 is 0.855 bits per heavy atom. The van der Waals surface area contributed by atoms with Gasteiger partial charge in [0.1, 0.15) is 0 Å². The van der Waals surface area contributed by atoms with E-state index in [4.69, 9.17) is 9.47 Å². The normalized spacial score (nSPS) is 23.3. The first-order valence-electron chi connectivity index (χ1n) is 29.6. The van der Waals surface area contributed by atoms with Crippen LogP contribution in [-0.4, -0.2) is 12.2 Å². The summed E-state index contributed by atoms with van der Waals surface area (Å²) in [4.78, 5) is 0. The third-order valence-corrected chi connectivity index (χ3v) is 17.8. The van der Waals surface area contributed by atoms with Crippen LogP contribution in [0.3, 0.4) is 0 Å². The average molecular weight is 1060 g/mol. The number of halogens is 8. The summed E-state index contributed by atoms with van der Waals surface area (Å²) < 4.78 is 129. The minimum Gasteiger partial charge on any atom is -0.429 e. The second kappa shape index (κ2) is 28.5. The summed E-state index contributed by atoms with van der Waals surface area (Å²) in [6.07, 6.45) is 22.2. The van der Waals surface area contributed by atoms with Gasteiger partial charge in [0.05, 0.1) is 5.92 Å². The lowest BCUT2D eigenvalue weighted by molar-refractivity contribution is -0.225. The Labute approximate surface area is 450 Å². The fraction of sp³-hybridized carbons (Fsp3) is 0.606. The van der Waals surface area contributed by atoms with Gasteiger partial charge in [0, 0.05) is 16.7 Å². The van der Waals surface area contributed by atoms with Gasteiger partial charge in [0.25, 0.3) is 0 Å². The molecule has 3 fully saturated rings. The maximum atomic E-state index is 15.1. The molecule has 0 N–H and O–H groups in total. The largest absolute Gasteiger partial charge is 0.429 e. The Morgan fingerprint density at radius 1 is 0.434 bits per heavy atom. The van der Waals surface area contributed by atoms with Crippen molar-refractivity contribution >= 4 is 0 Å². The second-order valence-corrected chi connectivity index (χ2v) is 23.1. The number of alkyl halides is 4. The molecule has 0 heterocycles. The van der Waals surface area contributed by atoms with Gasteiger partial charge in [-0.25, -0.2) is 8.78 Å². The first-order chi connectivity index (χ1) is 36.6. The summed E-state index contributed by atoms with van der Waals surface area (Å²) >= 11 is 0. The maximum absolute atomic E-state index is 15.1. The van der Waals surface area contributed by atoms with Crippen molar-refractivity contribution in [2.45, 2.75) is 213 Å². The van der Waals surface area contributed by atoms with Gasteiger partial charge in [0.2, 0.25) is 11.6 Å². The smallest absolute Gasteiger partial charge is 0.422 e. The average Bonchev–Trinajstić information content (AvgIpc) is 3.44. The van der Waals surface area contributed by atoms with Crippen molar-refractivity contribution in [3.63, 3.8) is 0 Å². The van der Waals surface area contributed by atoms with Crippen molar-refractivity contribution in [3.05, 3.63) is 119 Å². The summed E-state index contributed by atoms with van der Waals surface area (Å²) in [7, 11) is 0. The number of aryl methyl sites for hydroxylation is 2. The highest BCUT2D eigenvalue weighted by Crippen LogP contribution is 2.48. The monoisotopic (exact) mass is 1060 g/mol. The Bertz CT molecular complexity index is 2410. The molecule has 1 atom stereocenters. The zero-order valence-electron chi connectivity index (χ0n) is 46.0. The molecule has 0 spiro atoms. The van der Waals surface area contributed by atoms with E-state index in [9.17, 15) is 17.6 Å². The van der Waals surface area contributed by atoms with E-state index < -0.39 is 52.9 Å². The molecule has 2 nitrogen and oxygen atoms in total. The first-order valence-corrected chi connectivity index (χ1v) is 29.6. The molecule has 0 bridgehead atoms. The molecule has 0 aliphatic heterocycles. The SMILES string of the molecule is CCCCCC1CCC(C2CC=C(C(F)(F)Oc3ccc(-c4ccc(CCC)cc4)c(F)c3F)CC2)CC1.CCCCCC1CCC(C2CCC(C(F)(F)Oc3ccc(-c4ccc(CCC)cc4)c(F)c3F)CC2)CC1. The van der Waals surface area contributed by atoms with E-state index in [0.29, 0.717) is 60.5 Å². The lowest BCUT2D eigenvalue weighted by Gasteiger charge is -2.39. The van der Waals surface area contributed by atoms with Crippen LogP contribution in [0.1, 0.15) is 199 Å². The second-order valence-electron chi connectivity index (χ2n) is 23.1. The Kier molecular flexibility index (Phi) is 22.3. The number of allylic oxidation sites excluding steroid dienone is 1. The Morgan fingerprint density at radius 3 is 1.26 bits per heavy atom. The van der Waals surface area contributed by atoms with Gasteiger partial charge in [-0.2, -0.15) is 26.3 Å².